The lowest BCUT2D eigenvalue weighted by Gasteiger charge is -2.11. The first-order valence-electron chi connectivity index (χ1n) is 13.1. The number of nitrogens with zero attached hydrogens (tertiary/aromatic N) is 1. The molecule has 2 aromatic carbocycles. The molecular weight excluding hydrogens is 428 g/mol. The molecule has 0 amide bonds. The van der Waals surface area contributed by atoms with Gasteiger partial charge in [0, 0.05) is 16.6 Å². The zero-order chi connectivity index (χ0) is 24.2. The van der Waals surface area contributed by atoms with E-state index in [1.165, 1.54) is 51.0 Å². The van der Waals surface area contributed by atoms with E-state index in [1.807, 2.05) is 30.3 Å². The van der Waals surface area contributed by atoms with E-state index in [2.05, 4.69) is 13.8 Å². The Morgan fingerprint density at radius 1 is 0.706 bits per heavy atom. The second-order valence-electron chi connectivity index (χ2n) is 9.23. The molecule has 0 bridgehead atoms. The minimum Gasteiger partial charge on any atom is -0.490 e. The summed E-state index contributed by atoms with van der Waals surface area (Å²) in [6.45, 7) is 4.81. The zero-order valence-corrected chi connectivity index (χ0v) is 20.8. The molecule has 184 valence electrons. The monoisotopic (exact) mass is 467 g/mol. The van der Waals surface area contributed by atoms with Crippen LogP contribution in [0.15, 0.2) is 42.5 Å². The molecule has 0 atom stereocenters. The maximum Gasteiger partial charge on any atom is 0.201 e. The third-order valence-corrected chi connectivity index (χ3v) is 6.40. The van der Waals surface area contributed by atoms with Gasteiger partial charge in [0.25, 0.3) is 0 Å². The highest BCUT2D eigenvalue weighted by atomic mass is 19.2. The van der Waals surface area contributed by atoms with Crippen LogP contribution >= 0.6 is 0 Å². The number of hydrogen-bond donors (Lipinski definition) is 0. The topological polar surface area (TPSA) is 22.1 Å². The van der Waals surface area contributed by atoms with Gasteiger partial charge in [0.1, 0.15) is 0 Å². The zero-order valence-electron chi connectivity index (χ0n) is 20.8. The van der Waals surface area contributed by atoms with E-state index in [4.69, 9.17) is 9.72 Å². The number of ether oxygens (including phenoxy) is 1. The molecule has 4 heteroatoms. The van der Waals surface area contributed by atoms with Crippen molar-refractivity contribution in [2.45, 2.75) is 90.9 Å². The molecule has 0 spiro atoms. The summed E-state index contributed by atoms with van der Waals surface area (Å²) in [5.41, 5.74) is 2.85. The highest BCUT2D eigenvalue weighted by Crippen LogP contribution is 2.31. The van der Waals surface area contributed by atoms with Crippen LogP contribution in [0.25, 0.3) is 22.0 Å². The van der Waals surface area contributed by atoms with E-state index in [9.17, 15) is 8.78 Å². The van der Waals surface area contributed by atoms with Crippen molar-refractivity contribution in [1.29, 1.82) is 0 Å². The summed E-state index contributed by atoms with van der Waals surface area (Å²) >= 11 is 0. The summed E-state index contributed by atoms with van der Waals surface area (Å²) in [4.78, 5) is 4.76. The molecule has 0 N–H and O–H groups in total. The van der Waals surface area contributed by atoms with Crippen molar-refractivity contribution < 1.29 is 13.5 Å². The number of aromatic nitrogens is 1. The predicted octanol–water partition coefficient (Wildman–Crippen LogP) is 9.43. The number of pyridine rings is 1. The normalized spacial score (nSPS) is 11.3. The van der Waals surface area contributed by atoms with E-state index < -0.39 is 11.6 Å². The van der Waals surface area contributed by atoms with Gasteiger partial charge in [0.2, 0.25) is 5.82 Å². The molecule has 1 aromatic heterocycles. The number of benzene rings is 2. The smallest absolute Gasteiger partial charge is 0.201 e. The van der Waals surface area contributed by atoms with Crippen LogP contribution in [0.4, 0.5) is 8.78 Å². The quantitative estimate of drug-likeness (QED) is 0.208. The highest BCUT2D eigenvalue weighted by molar-refractivity contribution is 5.84. The molecular formula is C30H39F2NO. The van der Waals surface area contributed by atoms with Crippen molar-refractivity contribution in [2.75, 3.05) is 6.61 Å². The molecule has 2 nitrogen and oxygen atoms in total. The predicted molar refractivity (Wildman–Crippen MR) is 138 cm³/mol. The van der Waals surface area contributed by atoms with Crippen LogP contribution in [0.3, 0.4) is 0 Å². The lowest BCUT2D eigenvalue weighted by molar-refractivity contribution is 0.285. The Labute approximate surface area is 203 Å². The molecule has 3 aromatic rings. The van der Waals surface area contributed by atoms with Gasteiger partial charge in [-0.3, -0.25) is 4.98 Å². The fourth-order valence-corrected chi connectivity index (χ4v) is 4.31. The van der Waals surface area contributed by atoms with Crippen LogP contribution < -0.4 is 4.74 Å². The van der Waals surface area contributed by atoms with Gasteiger partial charge >= 0.3 is 0 Å². The van der Waals surface area contributed by atoms with Gasteiger partial charge in [-0.25, -0.2) is 4.39 Å². The average Bonchev–Trinajstić information content (AvgIpc) is 2.85. The van der Waals surface area contributed by atoms with Crippen molar-refractivity contribution in [3.8, 4) is 16.9 Å². The molecule has 0 fully saturated rings. The van der Waals surface area contributed by atoms with Gasteiger partial charge in [-0.05, 0) is 55.2 Å². The number of halogens is 2. The fraction of sp³-hybridized carbons (Fsp3) is 0.500. The largest absolute Gasteiger partial charge is 0.490 e. The van der Waals surface area contributed by atoms with Gasteiger partial charge < -0.3 is 4.74 Å². The van der Waals surface area contributed by atoms with Crippen LogP contribution in [0.5, 0.6) is 5.75 Å². The molecule has 0 aliphatic heterocycles. The lowest BCUT2D eigenvalue weighted by Crippen LogP contribution is -2.02. The molecule has 0 saturated carbocycles. The number of rotatable bonds is 15. The molecule has 1 heterocycles. The van der Waals surface area contributed by atoms with Crippen molar-refractivity contribution in [2.24, 2.45) is 0 Å². The Morgan fingerprint density at radius 3 is 2.18 bits per heavy atom. The van der Waals surface area contributed by atoms with Crippen LogP contribution in [0.2, 0.25) is 0 Å². The number of fused-ring (bicyclic) bond motifs is 1. The Bertz CT molecular complexity index is 1030. The second kappa shape index (κ2) is 14.0. The minimum atomic E-state index is -0.917. The summed E-state index contributed by atoms with van der Waals surface area (Å²) < 4.78 is 35.1. The van der Waals surface area contributed by atoms with Gasteiger partial charge in [0.15, 0.2) is 11.6 Å². The van der Waals surface area contributed by atoms with Gasteiger partial charge in [0.05, 0.1) is 12.1 Å². The molecule has 0 aliphatic carbocycles. The van der Waals surface area contributed by atoms with Crippen molar-refractivity contribution >= 4 is 10.9 Å². The third-order valence-electron chi connectivity index (χ3n) is 6.40. The van der Waals surface area contributed by atoms with E-state index in [-0.39, 0.29) is 11.3 Å². The lowest BCUT2D eigenvalue weighted by atomic mass is 10.0. The number of hydrogen-bond acceptors (Lipinski definition) is 2. The van der Waals surface area contributed by atoms with E-state index in [0.29, 0.717) is 12.2 Å². The van der Waals surface area contributed by atoms with E-state index >= 15 is 0 Å². The number of unbranched alkanes of at least 4 members (excludes halogenated alkanes) is 9. The highest BCUT2D eigenvalue weighted by Gasteiger charge is 2.16. The van der Waals surface area contributed by atoms with Crippen LogP contribution in [-0.4, -0.2) is 11.6 Å². The second-order valence-corrected chi connectivity index (χ2v) is 9.23. The first-order valence-corrected chi connectivity index (χ1v) is 13.1. The minimum absolute atomic E-state index is 0.0131. The molecule has 0 saturated heterocycles. The van der Waals surface area contributed by atoms with Crippen LogP contribution in [0, 0.1) is 11.6 Å². The molecule has 3 rings (SSSR count). The first kappa shape index (κ1) is 26.1. The molecule has 0 radical (unpaired) electrons. The molecule has 0 unspecified atom stereocenters. The maximum atomic E-state index is 14.9. The van der Waals surface area contributed by atoms with E-state index in [1.54, 1.807) is 6.07 Å². The van der Waals surface area contributed by atoms with Gasteiger partial charge in [-0.15, -0.1) is 0 Å². The van der Waals surface area contributed by atoms with Crippen LogP contribution in [-0.2, 0) is 6.42 Å². The summed E-state index contributed by atoms with van der Waals surface area (Å²) in [7, 11) is 0. The van der Waals surface area contributed by atoms with Crippen LogP contribution in [0.1, 0.15) is 90.2 Å². The van der Waals surface area contributed by atoms with Crippen molar-refractivity contribution in [3.63, 3.8) is 0 Å². The Hall–Kier alpha value is -2.49. The summed E-state index contributed by atoms with van der Waals surface area (Å²) in [5, 5.41) is 0.926. The van der Waals surface area contributed by atoms with Crippen molar-refractivity contribution in [3.05, 3.63) is 59.8 Å². The summed E-state index contributed by atoms with van der Waals surface area (Å²) in [5.74, 6) is -1.79. The molecule has 0 aliphatic rings. The Morgan fingerprint density at radius 2 is 1.41 bits per heavy atom. The fourth-order valence-electron chi connectivity index (χ4n) is 4.31. The number of aryl methyl sites for hydroxylation is 1. The average molecular weight is 468 g/mol. The Balaban J connectivity index is 1.62. The maximum absolute atomic E-state index is 14.9. The first-order chi connectivity index (χ1) is 16.6. The van der Waals surface area contributed by atoms with Gasteiger partial charge in [-0.1, -0.05) is 83.8 Å². The summed E-state index contributed by atoms with van der Waals surface area (Å²) in [6, 6.07) is 12.8. The van der Waals surface area contributed by atoms with Crippen molar-refractivity contribution in [1.82, 2.24) is 4.98 Å². The SMILES string of the molecule is CCCCCCCCOc1ccc(-c2ccc3nc(CCCCCCC)ccc3c2)c(F)c1F. The standard InChI is InChI=1S/C30H39F2NO/c1-3-5-7-9-11-13-21-34-28-20-18-26(29(31)30(28)32)23-16-19-27-24(22-23)15-17-25(33-27)14-12-10-8-6-4-2/h15-20,22H,3-14,21H2,1-2H3. The Kier molecular flexibility index (Phi) is 10.8. The third kappa shape index (κ3) is 7.51. The van der Waals surface area contributed by atoms with Gasteiger partial charge in [-0.2, -0.15) is 4.39 Å². The summed E-state index contributed by atoms with van der Waals surface area (Å²) in [6.07, 6.45) is 13.9. The van der Waals surface area contributed by atoms with E-state index in [0.717, 1.165) is 48.7 Å². The molecule has 34 heavy (non-hydrogen) atoms.